The van der Waals surface area contributed by atoms with Crippen LogP contribution in [0.5, 0.6) is 0 Å². The fourth-order valence-electron chi connectivity index (χ4n) is 2.11. The van der Waals surface area contributed by atoms with Crippen LogP contribution in [0.3, 0.4) is 0 Å². The minimum absolute atomic E-state index is 0.0239. The molecule has 2 rings (SSSR count). The molecular weight excluding hydrogens is 236 g/mol. The van der Waals surface area contributed by atoms with Crippen molar-refractivity contribution < 1.29 is 4.79 Å². The van der Waals surface area contributed by atoms with Gasteiger partial charge in [0.2, 0.25) is 0 Å². The van der Waals surface area contributed by atoms with Crippen molar-refractivity contribution in [2.75, 3.05) is 11.9 Å². The second-order valence-corrected chi connectivity index (χ2v) is 6.46. The number of rotatable bonds is 2. The van der Waals surface area contributed by atoms with Crippen molar-refractivity contribution in [3.05, 3.63) is 29.3 Å². The fourth-order valence-corrected chi connectivity index (χ4v) is 2.11. The molecular formula is C16H24N2O. The Bertz CT molecular complexity index is 474. The number of hydrogen-bond acceptors (Lipinski definition) is 2. The van der Waals surface area contributed by atoms with Gasteiger partial charge in [-0.05, 0) is 48.9 Å². The molecule has 19 heavy (non-hydrogen) atoms. The van der Waals surface area contributed by atoms with Crippen LogP contribution in [0, 0.1) is 5.41 Å². The maximum absolute atomic E-state index is 12.3. The molecule has 0 saturated carbocycles. The van der Waals surface area contributed by atoms with Gasteiger partial charge in [0.1, 0.15) is 0 Å². The summed E-state index contributed by atoms with van der Waals surface area (Å²) >= 11 is 0. The van der Waals surface area contributed by atoms with Gasteiger partial charge in [0, 0.05) is 23.8 Å². The molecule has 1 aliphatic rings. The molecule has 1 atom stereocenters. The van der Waals surface area contributed by atoms with Crippen molar-refractivity contribution in [2.45, 2.75) is 46.6 Å². The number of fused-ring (bicyclic) bond motifs is 1. The molecule has 1 heterocycles. The van der Waals surface area contributed by atoms with Gasteiger partial charge < -0.3 is 10.6 Å². The summed E-state index contributed by atoms with van der Waals surface area (Å²) in [6.07, 6.45) is 2.19. The largest absolute Gasteiger partial charge is 0.385 e. The Morgan fingerprint density at radius 1 is 1.37 bits per heavy atom. The number of hydrogen-bond donors (Lipinski definition) is 2. The molecule has 0 saturated heterocycles. The van der Waals surface area contributed by atoms with Gasteiger partial charge in [0.05, 0.1) is 0 Å². The normalized spacial score (nSPS) is 16.2. The Morgan fingerprint density at radius 3 is 2.79 bits per heavy atom. The summed E-state index contributed by atoms with van der Waals surface area (Å²) in [5, 5.41) is 6.45. The lowest BCUT2D eigenvalue weighted by molar-refractivity contribution is 0.0910. The third kappa shape index (κ3) is 3.28. The molecule has 3 heteroatoms. The Balaban J connectivity index is 2.11. The molecule has 1 aromatic carbocycles. The van der Waals surface area contributed by atoms with Crippen molar-refractivity contribution in [3.63, 3.8) is 0 Å². The van der Waals surface area contributed by atoms with E-state index in [0.717, 1.165) is 24.9 Å². The molecule has 0 fully saturated rings. The molecule has 1 aromatic rings. The number of carbonyl (C=O) groups excluding carboxylic acids is 1. The van der Waals surface area contributed by atoms with Crippen LogP contribution in [-0.2, 0) is 6.42 Å². The monoisotopic (exact) mass is 260 g/mol. The van der Waals surface area contributed by atoms with Gasteiger partial charge in [-0.2, -0.15) is 0 Å². The Labute approximate surface area is 115 Å². The summed E-state index contributed by atoms with van der Waals surface area (Å²) in [4.78, 5) is 12.3. The molecule has 3 nitrogen and oxygen atoms in total. The van der Waals surface area contributed by atoms with Crippen molar-refractivity contribution in [3.8, 4) is 0 Å². The summed E-state index contributed by atoms with van der Waals surface area (Å²) in [6, 6.07) is 6.09. The molecule has 104 valence electrons. The van der Waals surface area contributed by atoms with Gasteiger partial charge in [-0.1, -0.05) is 20.8 Å². The van der Waals surface area contributed by atoms with Gasteiger partial charge in [0.25, 0.3) is 5.91 Å². The summed E-state index contributed by atoms with van der Waals surface area (Å²) in [5.74, 6) is 0.0239. The van der Waals surface area contributed by atoms with Crippen molar-refractivity contribution in [2.24, 2.45) is 5.41 Å². The average Bonchev–Trinajstić information content (AvgIpc) is 2.37. The minimum Gasteiger partial charge on any atom is -0.385 e. The second-order valence-electron chi connectivity index (χ2n) is 6.46. The third-order valence-electron chi connectivity index (χ3n) is 3.95. The number of carbonyl (C=O) groups is 1. The van der Waals surface area contributed by atoms with E-state index in [9.17, 15) is 4.79 Å². The van der Waals surface area contributed by atoms with Gasteiger partial charge in [-0.25, -0.2) is 0 Å². The van der Waals surface area contributed by atoms with Crippen molar-refractivity contribution in [1.82, 2.24) is 5.32 Å². The molecule has 1 amide bonds. The summed E-state index contributed by atoms with van der Waals surface area (Å²) in [5.41, 5.74) is 3.26. The lowest BCUT2D eigenvalue weighted by atomic mass is 9.88. The number of aryl methyl sites for hydroxylation is 1. The molecule has 0 spiro atoms. The third-order valence-corrected chi connectivity index (χ3v) is 3.95. The van der Waals surface area contributed by atoms with Gasteiger partial charge >= 0.3 is 0 Å². The van der Waals surface area contributed by atoms with Crippen LogP contribution in [0.1, 0.15) is 50.0 Å². The Kier molecular flexibility index (Phi) is 3.83. The quantitative estimate of drug-likeness (QED) is 0.857. The summed E-state index contributed by atoms with van der Waals surface area (Å²) < 4.78 is 0. The smallest absolute Gasteiger partial charge is 0.251 e. The van der Waals surface area contributed by atoms with Crippen LogP contribution in [0.25, 0.3) is 0 Å². The van der Waals surface area contributed by atoms with Crippen LogP contribution in [0.2, 0.25) is 0 Å². The van der Waals surface area contributed by atoms with Crippen molar-refractivity contribution >= 4 is 11.6 Å². The van der Waals surface area contributed by atoms with E-state index in [1.54, 1.807) is 0 Å². The summed E-state index contributed by atoms with van der Waals surface area (Å²) in [6.45, 7) is 9.48. The van der Waals surface area contributed by atoms with E-state index in [1.807, 2.05) is 18.2 Å². The Hall–Kier alpha value is -1.51. The van der Waals surface area contributed by atoms with Crippen LogP contribution in [0.15, 0.2) is 18.2 Å². The van der Waals surface area contributed by atoms with E-state index in [0.29, 0.717) is 0 Å². The standard InChI is InChI=1S/C16H24N2O/c1-11(16(2,3)4)18-15(19)13-7-8-14-12(10-13)6-5-9-17-14/h7-8,10-11,17H,5-6,9H2,1-4H3,(H,18,19). The van der Waals surface area contributed by atoms with E-state index in [-0.39, 0.29) is 17.4 Å². The maximum Gasteiger partial charge on any atom is 0.251 e. The van der Waals surface area contributed by atoms with Crippen molar-refractivity contribution in [1.29, 1.82) is 0 Å². The van der Waals surface area contributed by atoms with Crippen LogP contribution < -0.4 is 10.6 Å². The van der Waals surface area contributed by atoms with E-state index in [4.69, 9.17) is 0 Å². The zero-order valence-electron chi connectivity index (χ0n) is 12.3. The average molecular weight is 260 g/mol. The van der Waals surface area contributed by atoms with Gasteiger partial charge in [-0.3, -0.25) is 4.79 Å². The number of benzene rings is 1. The van der Waals surface area contributed by atoms with Gasteiger partial charge in [0.15, 0.2) is 0 Å². The highest BCUT2D eigenvalue weighted by atomic mass is 16.1. The first kappa shape index (κ1) is 13.9. The van der Waals surface area contributed by atoms with Crippen LogP contribution in [0.4, 0.5) is 5.69 Å². The minimum atomic E-state index is 0.0239. The number of nitrogens with one attached hydrogen (secondary N) is 2. The second kappa shape index (κ2) is 5.24. The topological polar surface area (TPSA) is 41.1 Å². The SMILES string of the molecule is CC(NC(=O)c1ccc2c(c1)CCCN2)C(C)(C)C. The van der Waals surface area contributed by atoms with Gasteiger partial charge in [-0.15, -0.1) is 0 Å². The first-order chi connectivity index (χ1) is 8.88. The van der Waals surface area contributed by atoms with E-state index in [2.05, 4.69) is 38.3 Å². The lowest BCUT2D eigenvalue weighted by Gasteiger charge is -2.28. The predicted octanol–water partition coefficient (Wildman–Crippen LogP) is 3.21. The van der Waals surface area contributed by atoms with E-state index >= 15 is 0 Å². The predicted molar refractivity (Wildman–Crippen MR) is 79.6 cm³/mol. The number of amides is 1. The molecule has 1 aliphatic heterocycles. The van der Waals surface area contributed by atoms with E-state index < -0.39 is 0 Å². The molecule has 1 unspecified atom stereocenters. The highest BCUT2D eigenvalue weighted by molar-refractivity contribution is 5.95. The maximum atomic E-state index is 12.3. The summed E-state index contributed by atoms with van der Waals surface area (Å²) in [7, 11) is 0. The first-order valence-electron chi connectivity index (χ1n) is 7.05. The molecule has 2 N–H and O–H groups in total. The highest BCUT2D eigenvalue weighted by Crippen LogP contribution is 2.23. The Morgan fingerprint density at radius 2 is 2.11 bits per heavy atom. The fraction of sp³-hybridized carbons (Fsp3) is 0.562. The molecule has 0 radical (unpaired) electrons. The lowest BCUT2D eigenvalue weighted by Crippen LogP contribution is -2.41. The zero-order valence-corrected chi connectivity index (χ0v) is 12.3. The molecule has 0 aromatic heterocycles. The van der Waals surface area contributed by atoms with E-state index in [1.165, 1.54) is 11.3 Å². The highest BCUT2D eigenvalue weighted by Gasteiger charge is 2.22. The van der Waals surface area contributed by atoms with Crippen LogP contribution in [-0.4, -0.2) is 18.5 Å². The van der Waals surface area contributed by atoms with Crippen LogP contribution >= 0.6 is 0 Å². The first-order valence-corrected chi connectivity index (χ1v) is 7.05. The number of anilines is 1. The molecule has 0 bridgehead atoms. The molecule has 0 aliphatic carbocycles. The zero-order chi connectivity index (χ0) is 14.0.